The molecule has 0 atom stereocenters. The maximum Gasteiger partial charge on any atom is 0.336 e. The molecule has 30 heavy (non-hydrogen) atoms. The van der Waals surface area contributed by atoms with Crippen molar-refractivity contribution >= 4 is 33.9 Å². The summed E-state index contributed by atoms with van der Waals surface area (Å²) in [7, 11) is 0. The van der Waals surface area contributed by atoms with Gasteiger partial charge in [0.1, 0.15) is 11.3 Å². The fraction of sp³-hybridized carbons (Fsp3) is 0.318. The zero-order chi connectivity index (χ0) is 21.4. The van der Waals surface area contributed by atoms with Crippen molar-refractivity contribution in [1.82, 2.24) is 4.90 Å². The van der Waals surface area contributed by atoms with Crippen LogP contribution in [0.1, 0.15) is 16.7 Å². The summed E-state index contributed by atoms with van der Waals surface area (Å²) in [5.74, 6) is 0. The molecular weight excluding hydrogens is 406 g/mol. The lowest BCUT2D eigenvalue weighted by Gasteiger charge is -2.36. The Morgan fingerprint density at radius 1 is 1.10 bits per heavy atom. The number of nitro groups is 1. The summed E-state index contributed by atoms with van der Waals surface area (Å²) in [5, 5.41) is 12.7. The van der Waals surface area contributed by atoms with E-state index in [-0.39, 0.29) is 11.3 Å². The highest BCUT2D eigenvalue weighted by Crippen LogP contribution is 2.32. The van der Waals surface area contributed by atoms with Gasteiger partial charge in [-0.15, -0.1) is 0 Å². The maximum absolute atomic E-state index is 12.1. The van der Waals surface area contributed by atoms with Gasteiger partial charge in [-0.1, -0.05) is 23.7 Å². The second kappa shape index (κ2) is 8.08. The molecule has 1 fully saturated rings. The molecule has 2 aromatic carbocycles. The number of rotatable bonds is 4. The van der Waals surface area contributed by atoms with Crippen LogP contribution in [0.2, 0.25) is 5.02 Å². The molecule has 0 spiro atoms. The Hall–Kier alpha value is -2.90. The van der Waals surface area contributed by atoms with E-state index in [0.717, 1.165) is 35.2 Å². The molecule has 3 aromatic rings. The molecule has 0 bridgehead atoms. The quantitative estimate of drug-likeness (QED) is 0.351. The van der Waals surface area contributed by atoms with Gasteiger partial charge in [0.2, 0.25) is 0 Å². The van der Waals surface area contributed by atoms with E-state index in [0.29, 0.717) is 35.9 Å². The lowest BCUT2D eigenvalue weighted by atomic mass is 10.0. The smallest absolute Gasteiger partial charge is 0.336 e. The topological polar surface area (TPSA) is 79.8 Å². The Morgan fingerprint density at radius 2 is 1.83 bits per heavy atom. The number of nitrogens with zero attached hydrogens (tertiary/aromatic N) is 3. The molecule has 0 amide bonds. The number of hydrogen-bond acceptors (Lipinski definition) is 6. The Morgan fingerprint density at radius 3 is 2.53 bits per heavy atom. The average Bonchev–Trinajstić information content (AvgIpc) is 2.71. The van der Waals surface area contributed by atoms with Crippen molar-refractivity contribution in [1.29, 1.82) is 0 Å². The molecule has 156 valence electrons. The number of halogens is 1. The number of anilines is 1. The van der Waals surface area contributed by atoms with E-state index in [2.05, 4.69) is 4.90 Å². The monoisotopic (exact) mass is 427 g/mol. The van der Waals surface area contributed by atoms with Crippen LogP contribution in [0.5, 0.6) is 0 Å². The SMILES string of the molecule is Cc1ccc2c(CN3CCN(c4ccc(Cl)cc4[N+](=O)[O-])CC3)cc(=O)oc2c1C. The summed E-state index contributed by atoms with van der Waals surface area (Å²) in [6, 6.07) is 10.4. The van der Waals surface area contributed by atoms with E-state index < -0.39 is 4.92 Å². The predicted octanol–water partition coefficient (Wildman–Crippen LogP) is 4.29. The van der Waals surface area contributed by atoms with E-state index in [1.165, 1.54) is 6.07 Å². The first kappa shape index (κ1) is 20.4. The summed E-state index contributed by atoms with van der Waals surface area (Å²) < 4.78 is 5.47. The van der Waals surface area contributed by atoms with Crippen molar-refractivity contribution in [3.63, 3.8) is 0 Å². The average molecular weight is 428 g/mol. The van der Waals surface area contributed by atoms with Gasteiger partial charge in [0, 0.05) is 55.3 Å². The zero-order valence-corrected chi connectivity index (χ0v) is 17.6. The molecular formula is C22H22ClN3O4. The second-order valence-corrected chi connectivity index (χ2v) is 8.06. The molecule has 0 unspecified atom stereocenters. The van der Waals surface area contributed by atoms with Crippen molar-refractivity contribution in [2.75, 3.05) is 31.1 Å². The molecule has 0 aliphatic carbocycles. The van der Waals surface area contributed by atoms with Crippen LogP contribution in [-0.2, 0) is 6.54 Å². The van der Waals surface area contributed by atoms with Gasteiger partial charge >= 0.3 is 5.63 Å². The molecule has 0 radical (unpaired) electrons. The first-order chi connectivity index (χ1) is 14.3. The van der Waals surface area contributed by atoms with Crippen LogP contribution in [0.15, 0.2) is 45.6 Å². The number of piperazine rings is 1. The van der Waals surface area contributed by atoms with Crippen molar-refractivity contribution in [2.24, 2.45) is 0 Å². The molecule has 2 heterocycles. The summed E-state index contributed by atoms with van der Waals surface area (Å²) >= 11 is 5.93. The van der Waals surface area contributed by atoms with Crippen molar-refractivity contribution < 1.29 is 9.34 Å². The van der Waals surface area contributed by atoms with E-state index in [4.69, 9.17) is 16.0 Å². The molecule has 1 aliphatic heterocycles. The standard InChI is InChI=1S/C22H22ClN3O4/c1-14-3-5-18-16(11-21(27)30-22(18)15(14)2)13-24-7-9-25(10-8-24)19-6-4-17(23)12-20(19)26(28)29/h3-6,11-12H,7-10,13H2,1-2H3. The maximum atomic E-state index is 12.1. The number of nitro benzene ring substituents is 1. The van der Waals surface area contributed by atoms with Crippen LogP contribution in [0.3, 0.4) is 0 Å². The molecule has 1 aromatic heterocycles. The molecule has 1 aliphatic rings. The van der Waals surface area contributed by atoms with Gasteiger partial charge in [-0.25, -0.2) is 4.79 Å². The first-order valence-electron chi connectivity index (χ1n) is 9.77. The summed E-state index contributed by atoms with van der Waals surface area (Å²) in [4.78, 5) is 27.4. The van der Waals surface area contributed by atoms with E-state index in [1.54, 1.807) is 18.2 Å². The third-order valence-corrected chi connectivity index (χ3v) is 5.99. The molecule has 7 nitrogen and oxygen atoms in total. The molecule has 1 saturated heterocycles. The number of hydrogen-bond donors (Lipinski definition) is 0. The van der Waals surface area contributed by atoms with Crippen LogP contribution in [0.4, 0.5) is 11.4 Å². The van der Waals surface area contributed by atoms with Crippen LogP contribution in [0, 0.1) is 24.0 Å². The van der Waals surface area contributed by atoms with Gasteiger partial charge in [-0.2, -0.15) is 0 Å². The highest BCUT2D eigenvalue weighted by molar-refractivity contribution is 6.30. The van der Waals surface area contributed by atoms with Crippen LogP contribution in [-0.4, -0.2) is 36.0 Å². The summed E-state index contributed by atoms with van der Waals surface area (Å²) in [6.45, 7) is 7.35. The third-order valence-electron chi connectivity index (χ3n) is 5.76. The Kier molecular flexibility index (Phi) is 5.49. The predicted molar refractivity (Wildman–Crippen MR) is 118 cm³/mol. The minimum absolute atomic E-state index is 0.0217. The fourth-order valence-electron chi connectivity index (χ4n) is 3.95. The first-order valence-corrected chi connectivity index (χ1v) is 10.2. The summed E-state index contributed by atoms with van der Waals surface area (Å²) in [5.41, 5.74) is 3.91. The van der Waals surface area contributed by atoms with Crippen molar-refractivity contribution in [2.45, 2.75) is 20.4 Å². The minimum Gasteiger partial charge on any atom is -0.422 e. The largest absolute Gasteiger partial charge is 0.422 e. The van der Waals surface area contributed by atoms with Crippen molar-refractivity contribution in [3.8, 4) is 0 Å². The minimum atomic E-state index is -0.396. The van der Waals surface area contributed by atoms with E-state index in [9.17, 15) is 14.9 Å². The Balaban J connectivity index is 1.53. The van der Waals surface area contributed by atoms with Gasteiger partial charge < -0.3 is 9.32 Å². The lowest BCUT2D eigenvalue weighted by molar-refractivity contribution is -0.384. The highest BCUT2D eigenvalue weighted by atomic mass is 35.5. The summed E-state index contributed by atoms with van der Waals surface area (Å²) in [6.07, 6.45) is 0. The van der Waals surface area contributed by atoms with Crippen LogP contribution in [0.25, 0.3) is 11.0 Å². The molecule has 0 N–H and O–H groups in total. The third kappa shape index (κ3) is 3.91. The van der Waals surface area contributed by atoms with Crippen LogP contribution >= 0.6 is 11.6 Å². The van der Waals surface area contributed by atoms with Gasteiger partial charge in [0.05, 0.1) is 4.92 Å². The zero-order valence-electron chi connectivity index (χ0n) is 16.9. The van der Waals surface area contributed by atoms with Gasteiger partial charge in [0.25, 0.3) is 5.69 Å². The highest BCUT2D eigenvalue weighted by Gasteiger charge is 2.24. The number of aryl methyl sites for hydroxylation is 2. The Bertz CT molecular complexity index is 1180. The van der Waals surface area contributed by atoms with E-state index >= 15 is 0 Å². The fourth-order valence-corrected chi connectivity index (χ4v) is 4.12. The van der Waals surface area contributed by atoms with Crippen molar-refractivity contribution in [3.05, 3.63) is 78.6 Å². The number of benzene rings is 2. The lowest BCUT2D eigenvalue weighted by Crippen LogP contribution is -2.46. The van der Waals surface area contributed by atoms with Gasteiger partial charge in [-0.05, 0) is 42.7 Å². The van der Waals surface area contributed by atoms with Gasteiger partial charge in [0.15, 0.2) is 0 Å². The molecule has 4 rings (SSSR count). The molecule has 0 saturated carbocycles. The normalized spacial score (nSPS) is 15.0. The number of fused-ring (bicyclic) bond motifs is 1. The van der Waals surface area contributed by atoms with E-state index in [1.807, 2.05) is 30.9 Å². The van der Waals surface area contributed by atoms with Crippen LogP contribution < -0.4 is 10.5 Å². The second-order valence-electron chi connectivity index (χ2n) is 7.63. The Labute approximate surface area is 178 Å². The van der Waals surface area contributed by atoms with Gasteiger partial charge in [-0.3, -0.25) is 15.0 Å². The molecule has 8 heteroatoms.